The molecular formula is C44H43F3N4O9. The van der Waals surface area contributed by atoms with Crippen LogP contribution in [0, 0.1) is 11.8 Å². The first kappa shape index (κ1) is 41.9. The second-order valence-corrected chi connectivity index (χ2v) is 15.1. The second-order valence-electron chi connectivity index (χ2n) is 15.1. The molecule has 1 heterocycles. The Hall–Kier alpha value is -6.23. The molecular weight excluding hydrogens is 785 g/mol. The number of aliphatic hydroxyl groups excluding tert-OH is 1. The summed E-state index contributed by atoms with van der Waals surface area (Å²) >= 11 is 0. The molecule has 1 fully saturated rings. The van der Waals surface area contributed by atoms with Crippen molar-refractivity contribution in [1.29, 1.82) is 0 Å². The van der Waals surface area contributed by atoms with E-state index in [4.69, 9.17) is 14.0 Å². The molecule has 0 bridgehead atoms. The van der Waals surface area contributed by atoms with Crippen LogP contribution in [0.4, 0.5) is 18.9 Å². The van der Waals surface area contributed by atoms with Crippen LogP contribution in [0.25, 0.3) is 5.76 Å². The molecule has 0 unspecified atom stereocenters. The number of amides is 1. The lowest BCUT2D eigenvalue weighted by molar-refractivity contribution is -0.275. The molecule has 3 N–H and O–H groups in total. The molecule has 1 amide bonds. The maximum atomic E-state index is 15.1. The van der Waals surface area contributed by atoms with Crippen LogP contribution in [-0.2, 0) is 29.2 Å². The first-order chi connectivity index (χ1) is 28.7. The summed E-state index contributed by atoms with van der Waals surface area (Å²) in [4.78, 5) is 46.2. The van der Waals surface area contributed by atoms with Crippen molar-refractivity contribution in [2.75, 3.05) is 39.0 Å². The summed E-state index contributed by atoms with van der Waals surface area (Å²) < 4.78 is 64.9. The highest BCUT2D eigenvalue weighted by Gasteiger charge is 2.66. The van der Waals surface area contributed by atoms with Crippen LogP contribution < -0.4 is 19.5 Å². The number of Topliss-reactive ketones (excluding diaryl/α,β-unsaturated/α-hetero) is 2. The molecule has 60 heavy (non-hydrogen) atoms. The fourth-order valence-corrected chi connectivity index (χ4v) is 8.40. The number of ketones is 2. The minimum Gasteiger partial charge on any atom is -0.507 e. The van der Waals surface area contributed by atoms with Crippen LogP contribution in [-0.4, -0.2) is 88.3 Å². The highest BCUT2D eigenvalue weighted by Crippen LogP contribution is 2.58. The number of aromatic nitrogens is 1. The number of fused-ring (bicyclic) bond motifs is 4. The molecule has 3 aliphatic carbocycles. The number of carbonyl (C=O) groups excluding carboxylic acids is 3. The molecule has 4 atom stereocenters. The van der Waals surface area contributed by atoms with Crippen molar-refractivity contribution in [2.24, 2.45) is 11.8 Å². The Morgan fingerprint density at radius 1 is 0.983 bits per heavy atom. The lowest BCUT2D eigenvalue weighted by Gasteiger charge is -2.50. The van der Waals surface area contributed by atoms with Gasteiger partial charge in [0.05, 0.1) is 23.8 Å². The van der Waals surface area contributed by atoms with Crippen molar-refractivity contribution in [2.45, 2.75) is 44.1 Å². The summed E-state index contributed by atoms with van der Waals surface area (Å²) in [5.74, 6) is -7.31. The van der Waals surface area contributed by atoms with Gasteiger partial charge in [-0.2, -0.15) is 0 Å². The number of hydrogen-bond donors (Lipinski definition) is 3. The minimum absolute atomic E-state index is 0.0119. The fourth-order valence-electron chi connectivity index (χ4n) is 8.40. The monoisotopic (exact) mass is 828 g/mol. The molecule has 3 aliphatic rings. The standard InChI is InChI=1S/C44H43F3N4O9/c1-5-17-51(18-6-2)36-29-20-27-19-28-31(59-44(45,46)47)21-30(48-32(52)22-50(3)4)38(57-23-25-13-9-7-10-14-25)34(28)37(53)33(27)40(54)43(29,56)41(55)35-39(36)60-49-42(35)58-24-26-15-11-8-12-16-26/h5-16,21,27,29,36,53,56H,1-2,17-20,22-24H2,3-4H3,(H,48,52)/t27-,29-,36-,43-/m0/s1. The van der Waals surface area contributed by atoms with Crippen LogP contribution in [0.2, 0.25) is 0 Å². The molecule has 0 radical (unpaired) electrons. The Morgan fingerprint density at radius 3 is 2.18 bits per heavy atom. The van der Waals surface area contributed by atoms with Gasteiger partial charge in [-0.15, -0.1) is 26.3 Å². The van der Waals surface area contributed by atoms with E-state index in [0.29, 0.717) is 5.56 Å². The number of carbonyl (C=O) groups is 3. The van der Waals surface area contributed by atoms with Gasteiger partial charge in [0.15, 0.2) is 17.1 Å². The third kappa shape index (κ3) is 7.92. The molecule has 1 aromatic heterocycles. The SMILES string of the molecule is C=CCN(CC=C)[C@@H]1c2onc(OCc3ccccc3)c2C(=O)[C@@]2(O)C(=O)C3=C(O)c4c(c(OC(F)(F)F)cc(NC(=O)CN(C)C)c4OCc4ccccc4)C[C@H]3C[C@@H]12. The average molecular weight is 829 g/mol. The smallest absolute Gasteiger partial charge is 0.507 e. The van der Waals surface area contributed by atoms with Crippen LogP contribution in [0.1, 0.15) is 50.8 Å². The molecule has 3 aromatic carbocycles. The lowest BCUT2D eigenvalue weighted by Crippen LogP contribution is -2.63. The summed E-state index contributed by atoms with van der Waals surface area (Å²) in [6.45, 7) is 7.64. The molecule has 4 aromatic rings. The van der Waals surface area contributed by atoms with E-state index in [1.54, 1.807) is 85.7 Å². The third-order valence-electron chi connectivity index (χ3n) is 10.8. The van der Waals surface area contributed by atoms with Gasteiger partial charge in [0.25, 0.3) is 5.88 Å². The number of nitrogens with zero attached hydrogens (tertiary/aromatic N) is 3. The van der Waals surface area contributed by atoms with Crippen molar-refractivity contribution in [3.63, 3.8) is 0 Å². The van der Waals surface area contributed by atoms with Crippen molar-refractivity contribution in [3.8, 4) is 17.4 Å². The molecule has 314 valence electrons. The molecule has 1 saturated carbocycles. The van der Waals surface area contributed by atoms with Crippen molar-refractivity contribution < 1.29 is 56.5 Å². The van der Waals surface area contributed by atoms with E-state index in [1.165, 1.54) is 4.90 Å². The number of halogens is 3. The van der Waals surface area contributed by atoms with Gasteiger partial charge < -0.3 is 39.2 Å². The van der Waals surface area contributed by atoms with Crippen molar-refractivity contribution >= 4 is 28.9 Å². The molecule has 0 aliphatic heterocycles. The summed E-state index contributed by atoms with van der Waals surface area (Å²) in [5.41, 5.74) is -2.98. The summed E-state index contributed by atoms with van der Waals surface area (Å²) in [5, 5.41) is 31.7. The molecule has 7 rings (SSSR count). The Kier molecular flexibility index (Phi) is 11.7. The zero-order valence-corrected chi connectivity index (χ0v) is 32.8. The number of benzene rings is 3. The number of ether oxygens (including phenoxy) is 3. The number of nitrogens with one attached hydrogen (secondary N) is 1. The van der Waals surface area contributed by atoms with Gasteiger partial charge in [-0.25, -0.2) is 0 Å². The first-order valence-electron chi connectivity index (χ1n) is 19.1. The number of anilines is 1. The Labute approximate surface area is 343 Å². The quantitative estimate of drug-likeness (QED) is 0.0870. The zero-order chi connectivity index (χ0) is 42.9. The van der Waals surface area contributed by atoms with E-state index < -0.39 is 64.4 Å². The predicted molar refractivity (Wildman–Crippen MR) is 212 cm³/mol. The molecule has 13 nitrogen and oxygen atoms in total. The van der Waals surface area contributed by atoms with Gasteiger partial charge in [0.1, 0.15) is 30.3 Å². The fraction of sp³-hybridized carbons (Fsp3) is 0.318. The summed E-state index contributed by atoms with van der Waals surface area (Å²) in [6.07, 6.45) is -2.59. The van der Waals surface area contributed by atoms with Crippen LogP contribution in [0.3, 0.4) is 0 Å². The molecule has 16 heteroatoms. The van der Waals surface area contributed by atoms with Crippen LogP contribution in [0.5, 0.6) is 17.4 Å². The number of aliphatic hydroxyl groups is 2. The highest BCUT2D eigenvalue weighted by molar-refractivity contribution is 6.26. The van der Waals surface area contributed by atoms with Gasteiger partial charge >= 0.3 is 6.36 Å². The van der Waals surface area contributed by atoms with Gasteiger partial charge in [-0.1, -0.05) is 72.8 Å². The van der Waals surface area contributed by atoms with E-state index in [1.807, 2.05) is 6.07 Å². The Morgan fingerprint density at radius 2 is 1.60 bits per heavy atom. The number of rotatable bonds is 15. The summed E-state index contributed by atoms with van der Waals surface area (Å²) in [6, 6.07) is 17.7. The zero-order valence-electron chi connectivity index (χ0n) is 32.8. The summed E-state index contributed by atoms with van der Waals surface area (Å²) in [7, 11) is 3.24. The van der Waals surface area contributed by atoms with E-state index in [9.17, 15) is 33.0 Å². The Bertz CT molecular complexity index is 2340. The number of alkyl halides is 3. The lowest BCUT2D eigenvalue weighted by atomic mass is 9.57. The average Bonchev–Trinajstić information content (AvgIpc) is 3.62. The maximum Gasteiger partial charge on any atom is 0.573 e. The molecule has 0 spiro atoms. The van der Waals surface area contributed by atoms with E-state index in [-0.39, 0.29) is 85.5 Å². The minimum atomic E-state index is -5.22. The van der Waals surface area contributed by atoms with Crippen LogP contribution >= 0.6 is 0 Å². The van der Waals surface area contributed by atoms with Gasteiger partial charge in [-0.3, -0.25) is 19.3 Å². The Balaban J connectivity index is 1.40. The predicted octanol–water partition coefficient (Wildman–Crippen LogP) is 6.60. The number of likely N-dealkylation sites (N-methyl/N-ethyl adjacent to an activating group) is 1. The van der Waals surface area contributed by atoms with E-state index in [2.05, 4.69) is 28.4 Å². The van der Waals surface area contributed by atoms with Crippen LogP contribution in [0.15, 0.2) is 102 Å². The second kappa shape index (κ2) is 16.8. The normalized spacial score (nSPS) is 20.8. The van der Waals surface area contributed by atoms with E-state index in [0.717, 1.165) is 11.6 Å². The van der Waals surface area contributed by atoms with Crippen molar-refractivity contribution in [3.05, 3.63) is 131 Å². The number of hydrogen-bond acceptors (Lipinski definition) is 12. The third-order valence-corrected chi connectivity index (χ3v) is 10.8. The van der Waals surface area contributed by atoms with Crippen molar-refractivity contribution in [1.82, 2.24) is 15.0 Å². The largest absolute Gasteiger partial charge is 0.573 e. The van der Waals surface area contributed by atoms with E-state index >= 15 is 4.79 Å². The first-order valence-corrected chi connectivity index (χ1v) is 19.1. The van der Waals surface area contributed by atoms with Gasteiger partial charge in [0.2, 0.25) is 17.5 Å². The highest BCUT2D eigenvalue weighted by atomic mass is 19.4. The maximum absolute atomic E-state index is 15.1. The molecule has 0 saturated heterocycles. The topological polar surface area (TPSA) is 164 Å². The van der Waals surface area contributed by atoms with Gasteiger partial charge in [-0.05, 0) is 49.1 Å². The van der Waals surface area contributed by atoms with Gasteiger partial charge in [0, 0.05) is 36.2 Å².